The van der Waals surface area contributed by atoms with Gasteiger partial charge in [-0.2, -0.15) is 0 Å². The molecule has 1 aliphatic rings. The predicted molar refractivity (Wildman–Crippen MR) is 84.9 cm³/mol. The van der Waals surface area contributed by atoms with E-state index in [4.69, 9.17) is 5.11 Å². The molecule has 0 aromatic heterocycles. The van der Waals surface area contributed by atoms with E-state index in [1.807, 2.05) is 0 Å². The molecule has 1 aliphatic heterocycles. The van der Waals surface area contributed by atoms with E-state index in [1.165, 1.54) is 16.7 Å². The Morgan fingerprint density at radius 1 is 1.24 bits per heavy atom. The van der Waals surface area contributed by atoms with Crippen LogP contribution in [0.1, 0.15) is 36.5 Å². The van der Waals surface area contributed by atoms with Gasteiger partial charge in [-0.05, 0) is 31.4 Å². The fraction of sp³-hybridized carbons (Fsp3) is 0.471. The molecule has 1 aromatic rings. The lowest BCUT2D eigenvalue weighted by molar-refractivity contribution is -0.145. The van der Waals surface area contributed by atoms with Gasteiger partial charge in [-0.15, -0.1) is 0 Å². The van der Waals surface area contributed by atoms with Crippen LogP contribution < -0.4 is 0 Å². The molecule has 1 heterocycles. The van der Waals surface area contributed by atoms with Crippen LogP contribution in [0.2, 0.25) is 0 Å². The summed E-state index contributed by atoms with van der Waals surface area (Å²) in [5, 5.41) is 8.94. The largest absolute Gasteiger partial charge is 0.480 e. The summed E-state index contributed by atoms with van der Waals surface area (Å²) >= 11 is 0. The highest BCUT2D eigenvalue weighted by Gasteiger charge is 2.28. The second-order valence-corrected chi connectivity index (χ2v) is 6.04. The first-order valence-corrected chi connectivity index (χ1v) is 8.03. The second-order valence-electron chi connectivity index (χ2n) is 6.04. The molecule has 2 amide bonds. The van der Waals surface area contributed by atoms with Crippen LogP contribution in [0.25, 0.3) is 0 Å². The zero-order valence-electron chi connectivity index (χ0n) is 13.9. The van der Waals surface area contributed by atoms with Crippen molar-refractivity contribution in [2.24, 2.45) is 0 Å². The van der Waals surface area contributed by atoms with Gasteiger partial charge < -0.3 is 14.9 Å². The van der Waals surface area contributed by atoms with Gasteiger partial charge in [0.25, 0.3) is 5.91 Å². The molecule has 6 nitrogen and oxygen atoms in total. The number of carbonyl (C=O) groups is 3. The van der Waals surface area contributed by atoms with Crippen LogP contribution in [0.15, 0.2) is 18.2 Å². The minimum Gasteiger partial charge on any atom is -0.480 e. The topological polar surface area (TPSA) is 77.9 Å². The first-order valence-electron chi connectivity index (χ1n) is 8.03. The van der Waals surface area contributed by atoms with E-state index >= 15 is 0 Å². The Morgan fingerprint density at radius 3 is 2.56 bits per heavy atom. The van der Waals surface area contributed by atoms with Crippen molar-refractivity contribution in [3.05, 3.63) is 35.4 Å². The van der Waals surface area contributed by atoms with Crippen LogP contribution in [0.3, 0.4) is 0 Å². The van der Waals surface area contributed by atoms with Gasteiger partial charge in [0.2, 0.25) is 5.91 Å². The molecule has 0 aliphatic carbocycles. The summed E-state index contributed by atoms with van der Waals surface area (Å²) in [6.07, 6.45) is 1.52. The number of nitrogens with zero attached hydrogens (tertiary/aromatic N) is 2. The summed E-state index contributed by atoms with van der Waals surface area (Å²) in [5.41, 5.74) is -0.200. The Bertz CT molecular complexity index is 681. The quantitative estimate of drug-likeness (QED) is 0.896. The average Bonchev–Trinajstić information content (AvgIpc) is 2.77. The molecule has 25 heavy (non-hydrogen) atoms. The van der Waals surface area contributed by atoms with Gasteiger partial charge in [-0.25, -0.2) is 8.78 Å². The maximum atomic E-state index is 13.8. The fourth-order valence-electron chi connectivity index (χ4n) is 3.07. The molecule has 1 atom stereocenters. The first-order chi connectivity index (χ1) is 11.8. The van der Waals surface area contributed by atoms with E-state index in [2.05, 4.69) is 0 Å². The van der Waals surface area contributed by atoms with Crippen molar-refractivity contribution >= 4 is 17.8 Å². The maximum Gasteiger partial charge on any atom is 0.323 e. The Hall–Kier alpha value is -2.51. The molecule has 8 heteroatoms. The Labute approximate surface area is 144 Å². The van der Waals surface area contributed by atoms with Crippen molar-refractivity contribution in [3.63, 3.8) is 0 Å². The number of carbonyl (C=O) groups excluding carboxylic acids is 2. The summed E-state index contributed by atoms with van der Waals surface area (Å²) in [7, 11) is 0. The third kappa shape index (κ3) is 4.74. The van der Waals surface area contributed by atoms with Crippen LogP contribution in [0.4, 0.5) is 8.78 Å². The lowest BCUT2D eigenvalue weighted by Crippen LogP contribution is -2.43. The number of hydrogen-bond acceptors (Lipinski definition) is 3. The number of amides is 2. The number of aliphatic carboxylic acids is 1. The predicted octanol–water partition coefficient (Wildman–Crippen LogP) is 1.89. The molecule has 136 valence electrons. The molecular formula is C17H20F2N2O4. The van der Waals surface area contributed by atoms with Gasteiger partial charge in [-0.3, -0.25) is 14.4 Å². The Morgan fingerprint density at radius 2 is 1.96 bits per heavy atom. The lowest BCUT2D eigenvalue weighted by Gasteiger charge is -2.28. The van der Waals surface area contributed by atoms with Crippen LogP contribution >= 0.6 is 0 Å². The summed E-state index contributed by atoms with van der Waals surface area (Å²) in [6.45, 7) is 1.56. The second kappa shape index (κ2) is 8.04. The number of hydrogen-bond donors (Lipinski definition) is 1. The zero-order chi connectivity index (χ0) is 18.6. The number of benzene rings is 1. The number of carboxylic acid groups (broad SMARTS) is 1. The minimum absolute atomic E-state index is 0.200. The zero-order valence-corrected chi connectivity index (χ0v) is 13.9. The van der Waals surface area contributed by atoms with Gasteiger partial charge in [0.15, 0.2) is 0 Å². The highest BCUT2D eigenvalue weighted by Crippen LogP contribution is 2.20. The van der Waals surface area contributed by atoms with Crippen molar-refractivity contribution in [2.45, 2.75) is 32.2 Å². The maximum absolute atomic E-state index is 13.8. The third-order valence-electron chi connectivity index (χ3n) is 4.30. The van der Waals surface area contributed by atoms with Gasteiger partial charge in [-0.1, -0.05) is 0 Å². The molecule has 0 spiro atoms. The lowest BCUT2D eigenvalue weighted by atomic mass is 10.1. The molecule has 1 N–H and O–H groups in total. The molecule has 1 unspecified atom stereocenters. The molecule has 1 fully saturated rings. The standard InChI is InChI=1S/C17H20F2N2O4/c1-11(22)21(10-16(23)24)13-3-2-7-20(8-6-13)17(25)14-5-4-12(18)9-15(14)19/h4-5,9,13H,2-3,6-8,10H2,1H3,(H,23,24). The minimum atomic E-state index is -1.10. The van der Waals surface area contributed by atoms with E-state index in [-0.39, 0.29) is 30.6 Å². The molecule has 2 rings (SSSR count). The van der Waals surface area contributed by atoms with Crippen LogP contribution in [0.5, 0.6) is 0 Å². The average molecular weight is 354 g/mol. The summed E-state index contributed by atoms with van der Waals surface area (Å²) in [4.78, 5) is 37.8. The molecular weight excluding hydrogens is 334 g/mol. The number of halogens is 2. The molecule has 1 saturated heterocycles. The van der Waals surface area contributed by atoms with Crippen molar-refractivity contribution in [1.29, 1.82) is 0 Å². The number of rotatable bonds is 4. The Balaban J connectivity index is 2.08. The van der Waals surface area contributed by atoms with Crippen molar-refractivity contribution in [1.82, 2.24) is 9.80 Å². The van der Waals surface area contributed by atoms with Crippen LogP contribution in [0, 0.1) is 11.6 Å². The monoisotopic (exact) mass is 354 g/mol. The van der Waals surface area contributed by atoms with Crippen molar-refractivity contribution in [3.8, 4) is 0 Å². The highest BCUT2D eigenvalue weighted by molar-refractivity contribution is 5.94. The van der Waals surface area contributed by atoms with Gasteiger partial charge >= 0.3 is 5.97 Å². The Kier molecular flexibility index (Phi) is 6.06. The van der Waals surface area contributed by atoms with Gasteiger partial charge in [0, 0.05) is 32.1 Å². The molecule has 1 aromatic carbocycles. The SMILES string of the molecule is CC(=O)N(CC(=O)O)C1CCCN(C(=O)c2ccc(F)cc2F)CC1. The number of likely N-dealkylation sites (tertiary alicyclic amines) is 1. The molecule has 0 radical (unpaired) electrons. The smallest absolute Gasteiger partial charge is 0.323 e. The normalized spacial score (nSPS) is 17.7. The third-order valence-corrected chi connectivity index (χ3v) is 4.30. The summed E-state index contributed by atoms with van der Waals surface area (Å²) < 4.78 is 26.8. The van der Waals surface area contributed by atoms with E-state index in [1.54, 1.807) is 0 Å². The van der Waals surface area contributed by atoms with E-state index in [9.17, 15) is 23.2 Å². The van der Waals surface area contributed by atoms with Crippen molar-refractivity contribution in [2.75, 3.05) is 19.6 Å². The van der Waals surface area contributed by atoms with E-state index in [0.717, 1.165) is 12.1 Å². The summed E-state index contributed by atoms with van der Waals surface area (Å²) in [5.74, 6) is -3.64. The van der Waals surface area contributed by atoms with Crippen LogP contribution in [-0.4, -0.2) is 58.4 Å². The van der Waals surface area contributed by atoms with E-state index in [0.29, 0.717) is 31.9 Å². The molecule has 0 bridgehead atoms. The number of carboxylic acids is 1. The van der Waals surface area contributed by atoms with Gasteiger partial charge in [0.05, 0.1) is 5.56 Å². The highest BCUT2D eigenvalue weighted by atomic mass is 19.1. The summed E-state index contributed by atoms with van der Waals surface area (Å²) in [6, 6.07) is 2.52. The van der Waals surface area contributed by atoms with Crippen molar-refractivity contribution < 1.29 is 28.3 Å². The first kappa shape index (κ1) is 18.8. The van der Waals surface area contributed by atoms with E-state index < -0.39 is 23.5 Å². The molecule has 0 saturated carbocycles. The van der Waals surface area contributed by atoms with Gasteiger partial charge in [0.1, 0.15) is 18.2 Å². The fourth-order valence-corrected chi connectivity index (χ4v) is 3.07. The van der Waals surface area contributed by atoms with Crippen LogP contribution in [-0.2, 0) is 9.59 Å².